The maximum atomic E-state index is 13.6. The van der Waals surface area contributed by atoms with Crippen LogP contribution in [0, 0.1) is 5.82 Å². The number of nitrogens with zero attached hydrogens (tertiary/aromatic N) is 4. The highest BCUT2D eigenvalue weighted by molar-refractivity contribution is 7.22. The van der Waals surface area contributed by atoms with Gasteiger partial charge in [-0.2, -0.15) is 5.10 Å². The maximum Gasteiger partial charge on any atom is 0.264 e. The molecule has 2 aromatic carbocycles. The van der Waals surface area contributed by atoms with Crippen molar-refractivity contribution in [2.75, 3.05) is 25.7 Å². The summed E-state index contributed by atoms with van der Waals surface area (Å²) in [5.74, 6) is 0.327. The summed E-state index contributed by atoms with van der Waals surface area (Å²) in [7, 11) is 3.04. The van der Waals surface area contributed by atoms with Crippen molar-refractivity contribution in [3.05, 3.63) is 66.2 Å². The van der Waals surface area contributed by atoms with Gasteiger partial charge in [0.25, 0.3) is 5.91 Å². The summed E-state index contributed by atoms with van der Waals surface area (Å²) in [6.07, 6.45) is 3.50. The van der Waals surface area contributed by atoms with E-state index >= 15 is 0 Å². The molecule has 0 fully saturated rings. The topological polar surface area (TPSA) is 69.5 Å². The number of hydrogen-bond acceptors (Lipinski definition) is 6. The highest BCUT2D eigenvalue weighted by atomic mass is 32.1. The van der Waals surface area contributed by atoms with Crippen molar-refractivity contribution in [1.82, 2.24) is 14.8 Å². The van der Waals surface area contributed by atoms with Crippen molar-refractivity contribution >= 4 is 32.6 Å². The lowest BCUT2D eigenvalue weighted by Gasteiger charge is -2.21. The molecule has 0 unspecified atom stereocenters. The standard InChI is InChI=1S/C21H19FN4O3S/c1-28-15-5-7-18(29-2)16(13-15)20(27)26(11-10-25-9-3-8-23-25)21-24-17-6-4-14(22)12-19(17)30-21/h3-9,12-13H,10-11H2,1-2H3. The lowest BCUT2D eigenvalue weighted by Crippen LogP contribution is -2.34. The van der Waals surface area contributed by atoms with Gasteiger partial charge in [-0.15, -0.1) is 0 Å². The van der Waals surface area contributed by atoms with Gasteiger partial charge in [0.15, 0.2) is 5.13 Å². The molecule has 154 valence electrons. The van der Waals surface area contributed by atoms with E-state index in [2.05, 4.69) is 10.1 Å². The number of benzene rings is 2. The van der Waals surface area contributed by atoms with Gasteiger partial charge in [0, 0.05) is 18.9 Å². The van der Waals surface area contributed by atoms with Gasteiger partial charge in [0.2, 0.25) is 0 Å². The molecule has 0 aliphatic carbocycles. The smallest absolute Gasteiger partial charge is 0.264 e. The number of amides is 1. The van der Waals surface area contributed by atoms with Gasteiger partial charge in [-0.1, -0.05) is 11.3 Å². The van der Waals surface area contributed by atoms with Gasteiger partial charge in [0.1, 0.15) is 17.3 Å². The van der Waals surface area contributed by atoms with Crippen molar-refractivity contribution in [2.24, 2.45) is 0 Å². The van der Waals surface area contributed by atoms with E-state index in [-0.39, 0.29) is 11.7 Å². The van der Waals surface area contributed by atoms with Crippen LogP contribution < -0.4 is 14.4 Å². The number of anilines is 1. The summed E-state index contributed by atoms with van der Waals surface area (Å²) in [5, 5.41) is 4.67. The average Bonchev–Trinajstić information content (AvgIpc) is 3.42. The number of fused-ring (bicyclic) bond motifs is 1. The molecule has 1 amide bonds. The summed E-state index contributed by atoms with van der Waals surface area (Å²) >= 11 is 1.26. The van der Waals surface area contributed by atoms with E-state index in [1.165, 1.54) is 37.7 Å². The van der Waals surface area contributed by atoms with E-state index in [1.807, 2.05) is 12.3 Å². The highest BCUT2D eigenvalue weighted by Gasteiger charge is 2.25. The normalized spacial score (nSPS) is 10.9. The fraction of sp³-hybridized carbons (Fsp3) is 0.190. The molecule has 0 N–H and O–H groups in total. The molecule has 0 aliphatic rings. The molecule has 2 aromatic heterocycles. The average molecular weight is 426 g/mol. The molecule has 30 heavy (non-hydrogen) atoms. The fourth-order valence-corrected chi connectivity index (χ4v) is 4.06. The Hall–Kier alpha value is -3.46. The third kappa shape index (κ3) is 3.97. The van der Waals surface area contributed by atoms with Gasteiger partial charge < -0.3 is 9.47 Å². The monoisotopic (exact) mass is 426 g/mol. The van der Waals surface area contributed by atoms with Crippen LogP contribution in [-0.2, 0) is 6.54 Å². The van der Waals surface area contributed by atoms with E-state index in [1.54, 1.807) is 40.0 Å². The molecule has 4 aromatic rings. The minimum atomic E-state index is -0.346. The summed E-state index contributed by atoms with van der Waals surface area (Å²) in [4.78, 5) is 19.7. The van der Waals surface area contributed by atoms with Gasteiger partial charge in [-0.25, -0.2) is 9.37 Å². The Morgan fingerprint density at radius 3 is 2.80 bits per heavy atom. The van der Waals surface area contributed by atoms with Crippen LogP contribution in [0.3, 0.4) is 0 Å². The minimum Gasteiger partial charge on any atom is -0.497 e. The number of ether oxygens (including phenoxy) is 2. The van der Waals surface area contributed by atoms with Gasteiger partial charge in [-0.3, -0.25) is 14.4 Å². The Morgan fingerprint density at radius 1 is 1.20 bits per heavy atom. The predicted molar refractivity (Wildman–Crippen MR) is 113 cm³/mol. The van der Waals surface area contributed by atoms with Crippen LogP contribution in [0.2, 0.25) is 0 Å². The Bertz CT molecular complexity index is 1180. The predicted octanol–water partition coefficient (Wildman–Crippen LogP) is 4.00. The number of thiazole rings is 1. The summed E-state index contributed by atoms with van der Waals surface area (Å²) in [5.41, 5.74) is 0.980. The molecule has 0 saturated carbocycles. The molecular weight excluding hydrogens is 407 g/mol. The second-order valence-electron chi connectivity index (χ2n) is 6.40. The molecule has 4 rings (SSSR count). The molecule has 2 heterocycles. The number of methoxy groups -OCH3 is 2. The quantitative estimate of drug-likeness (QED) is 0.447. The SMILES string of the molecule is COc1ccc(OC)c(C(=O)N(CCn2cccn2)c2nc3ccc(F)cc3s2)c1. The van der Waals surface area contributed by atoms with Crippen molar-refractivity contribution in [3.63, 3.8) is 0 Å². The lowest BCUT2D eigenvalue weighted by atomic mass is 10.1. The van der Waals surface area contributed by atoms with Crippen LogP contribution >= 0.6 is 11.3 Å². The molecule has 0 atom stereocenters. The van der Waals surface area contributed by atoms with Crippen LogP contribution in [0.4, 0.5) is 9.52 Å². The van der Waals surface area contributed by atoms with Crippen LogP contribution in [0.5, 0.6) is 11.5 Å². The van der Waals surface area contributed by atoms with Gasteiger partial charge >= 0.3 is 0 Å². The van der Waals surface area contributed by atoms with Crippen molar-refractivity contribution < 1.29 is 18.7 Å². The first-order chi connectivity index (χ1) is 14.6. The zero-order chi connectivity index (χ0) is 21.1. The number of aromatic nitrogens is 3. The molecule has 0 spiro atoms. The van der Waals surface area contributed by atoms with Crippen LogP contribution in [-0.4, -0.2) is 41.4 Å². The van der Waals surface area contributed by atoms with Gasteiger partial charge in [0.05, 0.1) is 36.5 Å². The largest absolute Gasteiger partial charge is 0.497 e. The van der Waals surface area contributed by atoms with Crippen LogP contribution in [0.15, 0.2) is 54.9 Å². The first-order valence-electron chi connectivity index (χ1n) is 9.16. The van der Waals surface area contributed by atoms with E-state index in [0.717, 1.165) is 0 Å². The Balaban J connectivity index is 1.75. The third-order valence-electron chi connectivity index (χ3n) is 4.56. The number of carbonyl (C=O) groups is 1. The minimum absolute atomic E-state index is 0.294. The number of hydrogen-bond donors (Lipinski definition) is 0. The van der Waals surface area contributed by atoms with Crippen LogP contribution in [0.25, 0.3) is 10.2 Å². The number of rotatable bonds is 7. The van der Waals surface area contributed by atoms with E-state index < -0.39 is 0 Å². The summed E-state index contributed by atoms with van der Waals surface area (Å²) in [6, 6.07) is 11.2. The van der Waals surface area contributed by atoms with E-state index in [9.17, 15) is 9.18 Å². The summed E-state index contributed by atoms with van der Waals surface area (Å²) < 4.78 is 26.7. The van der Waals surface area contributed by atoms with E-state index in [4.69, 9.17) is 9.47 Å². The Kier molecular flexibility index (Phi) is 5.62. The molecule has 0 radical (unpaired) electrons. The highest BCUT2D eigenvalue weighted by Crippen LogP contribution is 2.32. The molecule has 0 aliphatic heterocycles. The molecule has 9 heteroatoms. The Labute approximate surface area is 176 Å². The van der Waals surface area contributed by atoms with Crippen molar-refractivity contribution in [3.8, 4) is 11.5 Å². The maximum absolute atomic E-state index is 13.6. The molecule has 7 nitrogen and oxygen atoms in total. The second kappa shape index (κ2) is 8.50. The molecule has 0 saturated heterocycles. The zero-order valence-electron chi connectivity index (χ0n) is 16.4. The lowest BCUT2D eigenvalue weighted by molar-refractivity contribution is 0.0982. The third-order valence-corrected chi connectivity index (χ3v) is 5.61. The summed E-state index contributed by atoms with van der Waals surface area (Å²) in [6.45, 7) is 0.790. The van der Waals surface area contributed by atoms with Crippen molar-refractivity contribution in [2.45, 2.75) is 6.54 Å². The first kappa shape index (κ1) is 19.8. The second-order valence-corrected chi connectivity index (χ2v) is 7.41. The molecular formula is C21H19FN4O3S. The fourth-order valence-electron chi connectivity index (χ4n) is 3.05. The Morgan fingerprint density at radius 2 is 2.07 bits per heavy atom. The molecule has 0 bridgehead atoms. The number of halogens is 1. The zero-order valence-corrected chi connectivity index (χ0v) is 17.2. The van der Waals surface area contributed by atoms with Gasteiger partial charge in [-0.05, 0) is 42.5 Å². The van der Waals surface area contributed by atoms with Crippen molar-refractivity contribution in [1.29, 1.82) is 0 Å². The number of carbonyl (C=O) groups excluding carboxylic acids is 1. The van der Waals surface area contributed by atoms with E-state index in [0.29, 0.717) is 45.5 Å². The van der Waals surface area contributed by atoms with Crippen LogP contribution in [0.1, 0.15) is 10.4 Å². The first-order valence-corrected chi connectivity index (χ1v) is 9.98.